The van der Waals surface area contributed by atoms with Gasteiger partial charge in [-0.1, -0.05) is 41.9 Å². The van der Waals surface area contributed by atoms with Gasteiger partial charge in [-0.15, -0.1) is 11.3 Å². The molecule has 0 aliphatic rings. The Morgan fingerprint density at radius 1 is 1.10 bits per heavy atom. The van der Waals surface area contributed by atoms with E-state index >= 15 is 0 Å². The molecule has 0 unspecified atom stereocenters. The maximum Gasteiger partial charge on any atom is 0.303 e. The van der Waals surface area contributed by atoms with Crippen molar-refractivity contribution in [1.82, 2.24) is 5.43 Å². The number of aliphatic carboxylic acids is 1. The second-order valence-corrected chi connectivity index (χ2v) is 7.83. The van der Waals surface area contributed by atoms with Crippen LogP contribution in [0.15, 0.2) is 53.6 Å². The smallest absolute Gasteiger partial charge is 0.303 e. The van der Waals surface area contributed by atoms with Crippen molar-refractivity contribution in [3.05, 3.63) is 64.0 Å². The van der Waals surface area contributed by atoms with E-state index in [0.717, 1.165) is 10.1 Å². The zero-order valence-corrected chi connectivity index (χ0v) is 17.5. The third kappa shape index (κ3) is 5.22. The number of hydrazone groups is 1. The number of benzene rings is 2. The van der Waals surface area contributed by atoms with Crippen LogP contribution in [0.25, 0.3) is 10.1 Å². The number of rotatable bonds is 7. The number of thiophene rings is 1. The lowest BCUT2D eigenvalue weighted by Crippen LogP contribution is -2.18. The van der Waals surface area contributed by atoms with E-state index in [1.54, 1.807) is 31.2 Å². The molecule has 0 radical (unpaired) electrons. The minimum absolute atomic E-state index is 0.112. The van der Waals surface area contributed by atoms with E-state index in [4.69, 9.17) is 16.7 Å². The molecule has 154 valence electrons. The van der Waals surface area contributed by atoms with Crippen LogP contribution in [0.3, 0.4) is 0 Å². The van der Waals surface area contributed by atoms with Crippen LogP contribution in [0.5, 0.6) is 0 Å². The molecule has 1 aromatic heterocycles. The largest absolute Gasteiger partial charge is 0.481 e. The highest BCUT2D eigenvalue weighted by Gasteiger charge is 2.16. The molecule has 0 aliphatic heterocycles. The Morgan fingerprint density at radius 3 is 2.60 bits per heavy atom. The Bertz CT molecular complexity index is 1160. The fourth-order valence-electron chi connectivity index (χ4n) is 2.68. The minimum Gasteiger partial charge on any atom is -0.481 e. The SMILES string of the molecule is CC(=NNC(=O)c1sc2ccccc2c1Cl)c1cccc(NC(=O)CCC(=O)O)c1. The fourth-order valence-corrected chi connectivity index (χ4v) is 4.08. The molecule has 0 spiro atoms. The highest BCUT2D eigenvalue weighted by Crippen LogP contribution is 2.34. The number of carbonyl (C=O) groups is 3. The van der Waals surface area contributed by atoms with Gasteiger partial charge >= 0.3 is 5.97 Å². The molecule has 2 aromatic carbocycles. The second kappa shape index (κ2) is 9.51. The summed E-state index contributed by atoms with van der Waals surface area (Å²) in [5.41, 5.74) is 4.24. The zero-order valence-electron chi connectivity index (χ0n) is 15.9. The predicted octanol–water partition coefficient (Wildman–Crippen LogP) is 4.51. The van der Waals surface area contributed by atoms with E-state index in [2.05, 4.69) is 15.8 Å². The monoisotopic (exact) mass is 443 g/mol. The lowest BCUT2D eigenvalue weighted by molar-refractivity contribution is -0.138. The lowest BCUT2D eigenvalue weighted by Gasteiger charge is -2.07. The van der Waals surface area contributed by atoms with Gasteiger partial charge in [-0.2, -0.15) is 5.10 Å². The van der Waals surface area contributed by atoms with Gasteiger partial charge in [0.1, 0.15) is 4.88 Å². The fraction of sp³-hybridized carbons (Fsp3) is 0.143. The van der Waals surface area contributed by atoms with Crippen molar-refractivity contribution in [3.63, 3.8) is 0 Å². The van der Waals surface area contributed by atoms with Crippen LogP contribution in [0.2, 0.25) is 5.02 Å². The molecule has 3 aromatic rings. The van der Waals surface area contributed by atoms with Gasteiger partial charge in [-0.3, -0.25) is 14.4 Å². The van der Waals surface area contributed by atoms with Gasteiger partial charge in [0, 0.05) is 22.2 Å². The average molecular weight is 444 g/mol. The molecule has 9 heteroatoms. The predicted molar refractivity (Wildman–Crippen MR) is 118 cm³/mol. The molecule has 0 saturated carbocycles. The minimum atomic E-state index is -1.03. The normalized spacial score (nSPS) is 11.3. The molecule has 2 amide bonds. The third-order valence-electron chi connectivity index (χ3n) is 4.20. The number of amides is 2. The molecule has 7 nitrogen and oxygen atoms in total. The Kier molecular flexibility index (Phi) is 6.81. The molecule has 3 rings (SSSR count). The van der Waals surface area contributed by atoms with Crippen LogP contribution in [0.1, 0.15) is 35.0 Å². The van der Waals surface area contributed by atoms with Crippen molar-refractivity contribution < 1.29 is 19.5 Å². The molecule has 0 fully saturated rings. The molecule has 0 bridgehead atoms. The Hall–Kier alpha value is -3.23. The van der Waals surface area contributed by atoms with Gasteiger partial charge in [-0.25, -0.2) is 5.43 Å². The van der Waals surface area contributed by atoms with Gasteiger partial charge in [-0.05, 0) is 30.7 Å². The Morgan fingerprint density at radius 2 is 1.87 bits per heavy atom. The number of hydrogen-bond donors (Lipinski definition) is 3. The molecule has 0 atom stereocenters. The number of fused-ring (bicyclic) bond motifs is 1. The first kappa shape index (κ1) is 21.5. The Balaban J connectivity index is 1.69. The number of nitrogens with one attached hydrogen (secondary N) is 2. The lowest BCUT2D eigenvalue weighted by atomic mass is 10.1. The summed E-state index contributed by atoms with van der Waals surface area (Å²) in [7, 11) is 0. The molecule has 0 saturated heterocycles. The summed E-state index contributed by atoms with van der Waals surface area (Å²) in [4.78, 5) is 35.3. The van der Waals surface area contributed by atoms with E-state index in [-0.39, 0.29) is 12.8 Å². The Labute approximate surface area is 181 Å². The van der Waals surface area contributed by atoms with Crippen LogP contribution >= 0.6 is 22.9 Å². The summed E-state index contributed by atoms with van der Waals surface area (Å²) >= 11 is 7.62. The van der Waals surface area contributed by atoms with Gasteiger partial charge in [0.25, 0.3) is 5.91 Å². The topological polar surface area (TPSA) is 108 Å². The summed E-state index contributed by atoms with van der Waals surface area (Å²) in [5.74, 6) is -1.83. The molecule has 30 heavy (non-hydrogen) atoms. The first-order valence-electron chi connectivity index (χ1n) is 8.99. The maximum atomic E-state index is 12.5. The van der Waals surface area contributed by atoms with E-state index in [1.165, 1.54) is 11.3 Å². The molecule has 3 N–H and O–H groups in total. The quantitative estimate of drug-likeness (QED) is 0.368. The molecule has 1 heterocycles. The van der Waals surface area contributed by atoms with Crippen LogP contribution in [0.4, 0.5) is 5.69 Å². The van der Waals surface area contributed by atoms with Crippen molar-refractivity contribution in [3.8, 4) is 0 Å². The molecular weight excluding hydrogens is 426 g/mol. The van der Waals surface area contributed by atoms with Crippen LogP contribution in [-0.2, 0) is 9.59 Å². The van der Waals surface area contributed by atoms with E-state index < -0.39 is 17.8 Å². The summed E-state index contributed by atoms with van der Waals surface area (Å²) in [6.45, 7) is 1.72. The number of halogens is 1. The number of carboxylic acids is 1. The number of anilines is 1. The van der Waals surface area contributed by atoms with Crippen molar-refractivity contribution in [1.29, 1.82) is 0 Å². The molecule has 0 aliphatic carbocycles. The van der Waals surface area contributed by atoms with Gasteiger partial charge in [0.05, 0.1) is 17.2 Å². The summed E-state index contributed by atoms with van der Waals surface area (Å²) in [6, 6.07) is 14.4. The highest BCUT2D eigenvalue weighted by atomic mass is 35.5. The van der Waals surface area contributed by atoms with Gasteiger partial charge in [0.2, 0.25) is 5.91 Å². The third-order valence-corrected chi connectivity index (χ3v) is 5.87. The summed E-state index contributed by atoms with van der Waals surface area (Å²) < 4.78 is 0.916. The zero-order chi connectivity index (χ0) is 21.7. The van der Waals surface area contributed by atoms with Crippen LogP contribution < -0.4 is 10.7 Å². The van der Waals surface area contributed by atoms with E-state index in [0.29, 0.717) is 26.9 Å². The second-order valence-electron chi connectivity index (χ2n) is 6.40. The van der Waals surface area contributed by atoms with Crippen LogP contribution in [0, 0.1) is 0 Å². The van der Waals surface area contributed by atoms with Gasteiger partial charge < -0.3 is 10.4 Å². The first-order chi connectivity index (χ1) is 14.3. The highest BCUT2D eigenvalue weighted by molar-refractivity contribution is 7.21. The summed E-state index contributed by atoms with van der Waals surface area (Å²) in [6.07, 6.45) is -0.350. The van der Waals surface area contributed by atoms with Crippen molar-refractivity contribution >= 4 is 62.2 Å². The number of carboxylic acid groups (broad SMARTS) is 1. The van der Waals surface area contributed by atoms with Crippen molar-refractivity contribution in [2.75, 3.05) is 5.32 Å². The standard InChI is InChI=1S/C21H18ClN3O4S/c1-12(13-5-4-6-14(11-13)23-17(26)9-10-18(27)28)24-25-21(29)20-19(22)15-7-2-3-8-16(15)30-20/h2-8,11H,9-10H2,1H3,(H,23,26)(H,25,29)(H,27,28). The van der Waals surface area contributed by atoms with E-state index in [1.807, 2.05) is 24.3 Å². The van der Waals surface area contributed by atoms with Gasteiger partial charge in [0.15, 0.2) is 0 Å². The average Bonchev–Trinajstić information content (AvgIpc) is 3.07. The maximum absolute atomic E-state index is 12.5. The van der Waals surface area contributed by atoms with Crippen molar-refractivity contribution in [2.45, 2.75) is 19.8 Å². The van der Waals surface area contributed by atoms with E-state index in [9.17, 15) is 14.4 Å². The number of carbonyl (C=O) groups excluding carboxylic acids is 2. The number of nitrogens with zero attached hydrogens (tertiary/aromatic N) is 1. The first-order valence-corrected chi connectivity index (χ1v) is 10.2. The number of hydrogen-bond acceptors (Lipinski definition) is 5. The van der Waals surface area contributed by atoms with Crippen LogP contribution in [-0.4, -0.2) is 28.6 Å². The summed E-state index contributed by atoms with van der Waals surface area (Å²) in [5, 5.41) is 16.6. The van der Waals surface area contributed by atoms with Crippen molar-refractivity contribution in [2.24, 2.45) is 5.10 Å². The molecular formula is C21H18ClN3O4S.